The van der Waals surface area contributed by atoms with Crippen molar-refractivity contribution in [3.05, 3.63) is 46.4 Å². The lowest BCUT2D eigenvalue weighted by Crippen LogP contribution is -2.24. The van der Waals surface area contributed by atoms with E-state index in [-0.39, 0.29) is 17.0 Å². The monoisotopic (exact) mass is 306 g/mol. The molecule has 0 amide bonds. The van der Waals surface area contributed by atoms with Gasteiger partial charge in [0.25, 0.3) is 0 Å². The Bertz CT molecular complexity index is 608. The quantitative estimate of drug-likeness (QED) is 0.771. The first-order valence-corrected chi connectivity index (χ1v) is 8.17. The summed E-state index contributed by atoms with van der Waals surface area (Å²) in [5.74, 6) is 0. The van der Waals surface area contributed by atoms with Crippen LogP contribution in [0.25, 0.3) is 0 Å². The molecular formula is C15H22N4OS. The van der Waals surface area contributed by atoms with Gasteiger partial charge in [-0.1, -0.05) is 55.9 Å². The molecule has 6 heteroatoms. The Balaban J connectivity index is 2.18. The zero-order valence-electron chi connectivity index (χ0n) is 12.5. The molecule has 0 fully saturated rings. The second-order valence-corrected chi connectivity index (χ2v) is 6.17. The van der Waals surface area contributed by atoms with E-state index < -0.39 is 0 Å². The standard InChI is InChI=1S/C15H22N4OS/c1-3-10-19-14(20)17-18-15(19)21-12(4-2)13(16)11-8-6-5-7-9-11/h5-9,12-13H,3-4,10,16H2,1-2H3,(H,17,20). The van der Waals surface area contributed by atoms with E-state index in [9.17, 15) is 4.79 Å². The van der Waals surface area contributed by atoms with Gasteiger partial charge in [-0.3, -0.25) is 4.57 Å². The lowest BCUT2D eigenvalue weighted by atomic mass is 10.0. The Morgan fingerprint density at radius 3 is 2.67 bits per heavy atom. The molecule has 0 aliphatic heterocycles. The van der Waals surface area contributed by atoms with Crippen molar-refractivity contribution in [2.75, 3.05) is 0 Å². The Kier molecular flexibility index (Phi) is 5.64. The second kappa shape index (κ2) is 7.47. The van der Waals surface area contributed by atoms with Crippen LogP contribution in [0.2, 0.25) is 0 Å². The first-order chi connectivity index (χ1) is 10.2. The number of hydrogen-bond acceptors (Lipinski definition) is 4. The van der Waals surface area contributed by atoms with Crippen LogP contribution in [0.4, 0.5) is 0 Å². The first kappa shape index (κ1) is 15.9. The summed E-state index contributed by atoms with van der Waals surface area (Å²) in [5, 5.41) is 7.56. The van der Waals surface area contributed by atoms with E-state index in [0.29, 0.717) is 6.54 Å². The minimum Gasteiger partial charge on any atom is -0.323 e. The molecular weight excluding hydrogens is 284 g/mol. The summed E-state index contributed by atoms with van der Waals surface area (Å²) < 4.78 is 1.69. The third kappa shape index (κ3) is 3.77. The highest BCUT2D eigenvalue weighted by Crippen LogP contribution is 2.31. The molecule has 1 aromatic heterocycles. The smallest absolute Gasteiger partial charge is 0.323 e. The van der Waals surface area contributed by atoms with Crippen LogP contribution in [-0.4, -0.2) is 20.0 Å². The van der Waals surface area contributed by atoms with E-state index in [1.807, 2.05) is 37.3 Å². The predicted molar refractivity (Wildman–Crippen MR) is 86.4 cm³/mol. The van der Waals surface area contributed by atoms with Gasteiger partial charge in [0, 0.05) is 17.8 Å². The number of rotatable bonds is 7. The van der Waals surface area contributed by atoms with E-state index in [2.05, 4.69) is 17.1 Å². The lowest BCUT2D eigenvalue weighted by molar-refractivity contribution is 0.596. The molecule has 2 atom stereocenters. The molecule has 0 aliphatic rings. The maximum absolute atomic E-state index is 11.7. The number of aromatic nitrogens is 3. The number of nitrogens with two attached hydrogens (primary N) is 1. The molecule has 2 aromatic rings. The maximum Gasteiger partial charge on any atom is 0.343 e. The molecule has 0 bridgehead atoms. The third-order valence-electron chi connectivity index (χ3n) is 3.41. The van der Waals surface area contributed by atoms with Crippen molar-refractivity contribution in [2.24, 2.45) is 5.73 Å². The number of nitrogens with zero attached hydrogens (tertiary/aromatic N) is 2. The summed E-state index contributed by atoms with van der Waals surface area (Å²) in [4.78, 5) is 11.7. The van der Waals surface area contributed by atoms with Crippen LogP contribution in [0.1, 0.15) is 38.3 Å². The average molecular weight is 306 g/mol. The number of benzene rings is 1. The van der Waals surface area contributed by atoms with Gasteiger partial charge in [0.1, 0.15) is 0 Å². The predicted octanol–water partition coefficient (Wildman–Crippen LogP) is 2.55. The van der Waals surface area contributed by atoms with Crippen LogP contribution in [0, 0.1) is 0 Å². The lowest BCUT2D eigenvalue weighted by Gasteiger charge is -2.22. The van der Waals surface area contributed by atoms with E-state index in [1.165, 1.54) is 0 Å². The van der Waals surface area contributed by atoms with Crippen LogP contribution < -0.4 is 11.4 Å². The fraction of sp³-hybridized carbons (Fsp3) is 0.467. The number of hydrogen-bond donors (Lipinski definition) is 2. The number of aromatic amines is 1. The molecule has 2 unspecified atom stereocenters. The maximum atomic E-state index is 11.7. The fourth-order valence-electron chi connectivity index (χ4n) is 2.25. The highest BCUT2D eigenvalue weighted by atomic mass is 32.2. The Labute approximate surface area is 128 Å². The van der Waals surface area contributed by atoms with Gasteiger partial charge in [0.2, 0.25) is 0 Å². The number of thioether (sulfide) groups is 1. The molecule has 5 nitrogen and oxygen atoms in total. The van der Waals surface area contributed by atoms with Crippen molar-refractivity contribution in [2.45, 2.75) is 49.7 Å². The highest BCUT2D eigenvalue weighted by Gasteiger charge is 2.22. The zero-order valence-corrected chi connectivity index (χ0v) is 13.3. The minimum atomic E-state index is -0.150. The largest absolute Gasteiger partial charge is 0.343 e. The second-order valence-electron chi connectivity index (χ2n) is 4.96. The minimum absolute atomic E-state index is 0.0805. The van der Waals surface area contributed by atoms with E-state index >= 15 is 0 Å². The number of H-pyrrole nitrogens is 1. The zero-order chi connectivity index (χ0) is 15.2. The summed E-state index contributed by atoms with van der Waals surface area (Å²) in [6.45, 7) is 4.82. The van der Waals surface area contributed by atoms with E-state index in [0.717, 1.165) is 23.6 Å². The van der Waals surface area contributed by atoms with Crippen molar-refractivity contribution in [1.29, 1.82) is 0 Å². The highest BCUT2D eigenvalue weighted by molar-refractivity contribution is 7.99. The van der Waals surface area contributed by atoms with Gasteiger partial charge in [0.15, 0.2) is 5.16 Å². The molecule has 0 radical (unpaired) electrons. The van der Waals surface area contributed by atoms with E-state index in [4.69, 9.17) is 5.73 Å². The molecule has 21 heavy (non-hydrogen) atoms. The van der Waals surface area contributed by atoms with Crippen molar-refractivity contribution < 1.29 is 0 Å². The van der Waals surface area contributed by atoms with Crippen molar-refractivity contribution in [1.82, 2.24) is 14.8 Å². The van der Waals surface area contributed by atoms with Crippen LogP contribution in [0.5, 0.6) is 0 Å². The molecule has 1 heterocycles. The van der Waals surface area contributed by atoms with Crippen LogP contribution in [-0.2, 0) is 6.54 Å². The van der Waals surface area contributed by atoms with Crippen LogP contribution in [0.15, 0.2) is 40.3 Å². The molecule has 1 aromatic carbocycles. The topological polar surface area (TPSA) is 76.7 Å². The van der Waals surface area contributed by atoms with Gasteiger partial charge in [0.05, 0.1) is 0 Å². The Morgan fingerprint density at radius 1 is 1.33 bits per heavy atom. The van der Waals surface area contributed by atoms with Gasteiger partial charge in [-0.25, -0.2) is 9.89 Å². The summed E-state index contributed by atoms with van der Waals surface area (Å²) in [5.41, 5.74) is 7.34. The van der Waals surface area contributed by atoms with Gasteiger partial charge >= 0.3 is 5.69 Å². The van der Waals surface area contributed by atoms with Crippen molar-refractivity contribution in [3.63, 3.8) is 0 Å². The van der Waals surface area contributed by atoms with Crippen molar-refractivity contribution >= 4 is 11.8 Å². The van der Waals surface area contributed by atoms with Gasteiger partial charge in [-0.15, -0.1) is 5.10 Å². The molecule has 0 aliphatic carbocycles. The fourth-order valence-corrected chi connectivity index (χ4v) is 3.39. The molecule has 0 saturated heterocycles. The van der Waals surface area contributed by atoms with Crippen LogP contribution >= 0.6 is 11.8 Å². The third-order valence-corrected chi connectivity index (χ3v) is 4.87. The molecule has 114 valence electrons. The van der Waals surface area contributed by atoms with Crippen molar-refractivity contribution in [3.8, 4) is 0 Å². The summed E-state index contributed by atoms with van der Waals surface area (Å²) in [7, 11) is 0. The summed E-state index contributed by atoms with van der Waals surface area (Å²) in [6, 6.07) is 9.97. The Hall–Kier alpha value is -1.53. The Morgan fingerprint density at radius 2 is 2.05 bits per heavy atom. The summed E-state index contributed by atoms with van der Waals surface area (Å²) in [6.07, 6.45) is 1.81. The molecule has 3 N–H and O–H groups in total. The van der Waals surface area contributed by atoms with Gasteiger partial charge < -0.3 is 5.73 Å². The van der Waals surface area contributed by atoms with E-state index in [1.54, 1.807) is 16.3 Å². The van der Waals surface area contributed by atoms with Crippen LogP contribution in [0.3, 0.4) is 0 Å². The average Bonchev–Trinajstić information content (AvgIpc) is 2.86. The normalized spacial score (nSPS) is 14.0. The molecule has 0 spiro atoms. The van der Waals surface area contributed by atoms with Gasteiger partial charge in [-0.2, -0.15) is 0 Å². The SMILES string of the molecule is CCCn1c(SC(CC)C(N)c2ccccc2)n[nH]c1=O. The molecule has 0 saturated carbocycles. The summed E-state index contributed by atoms with van der Waals surface area (Å²) >= 11 is 1.57. The van der Waals surface area contributed by atoms with Gasteiger partial charge in [-0.05, 0) is 18.4 Å². The number of nitrogens with one attached hydrogen (secondary N) is 1. The first-order valence-electron chi connectivity index (χ1n) is 7.29. The molecule has 2 rings (SSSR count).